The minimum absolute atomic E-state index is 0.0101. The molecule has 1 saturated heterocycles. The smallest absolute Gasteiger partial charge is 0.378 e. The molecule has 2 N–H and O–H groups in total. The van der Waals surface area contributed by atoms with Crippen LogP contribution in [0.3, 0.4) is 0 Å². The zero-order valence-corrected chi connectivity index (χ0v) is 21.2. The van der Waals surface area contributed by atoms with Crippen LogP contribution >= 0.6 is 11.3 Å². The molecule has 1 amide bonds. The molecule has 1 fully saturated rings. The second-order valence-corrected chi connectivity index (χ2v) is 10.2. The van der Waals surface area contributed by atoms with Crippen molar-refractivity contribution in [2.24, 2.45) is 7.05 Å². The zero-order chi connectivity index (χ0) is 27.0. The highest BCUT2D eigenvalue weighted by atomic mass is 32.1. The summed E-state index contributed by atoms with van der Waals surface area (Å²) in [5.74, 6) is -0.472. The normalized spacial score (nSPS) is 18.7. The van der Waals surface area contributed by atoms with E-state index in [1.807, 2.05) is 11.9 Å². The third-order valence-corrected chi connectivity index (χ3v) is 7.54. The number of carbonyl (C=O) groups is 1. The van der Waals surface area contributed by atoms with Crippen LogP contribution < -0.4 is 10.6 Å². The fourth-order valence-corrected chi connectivity index (χ4v) is 5.62. The number of nitrogens with one attached hydrogen (secondary N) is 2. The van der Waals surface area contributed by atoms with Crippen LogP contribution in [0.25, 0.3) is 20.8 Å². The lowest BCUT2D eigenvalue weighted by molar-refractivity contribution is -0.126. The molecule has 10 nitrogen and oxygen atoms in total. The minimum atomic E-state index is -4.49. The van der Waals surface area contributed by atoms with Crippen LogP contribution in [0.2, 0.25) is 0 Å². The Labute approximate surface area is 218 Å². The van der Waals surface area contributed by atoms with Crippen molar-refractivity contribution < 1.29 is 26.9 Å². The Bertz CT molecular complexity index is 1450. The summed E-state index contributed by atoms with van der Waals surface area (Å²) in [7, 11) is 3.45. The van der Waals surface area contributed by atoms with Crippen LogP contribution in [0.15, 0.2) is 29.0 Å². The molecule has 0 radical (unpaired) electrons. The Morgan fingerprint density at radius 2 is 2.11 bits per heavy atom. The average Bonchev–Trinajstić information content (AvgIpc) is 3.58. The highest BCUT2D eigenvalue weighted by molar-refractivity contribution is 7.23. The largest absolute Gasteiger partial charge is 0.393 e. The van der Waals surface area contributed by atoms with Crippen LogP contribution in [0.5, 0.6) is 0 Å². The number of anilines is 1. The van der Waals surface area contributed by atoms with Crippen LogP contribution in [-0.4, -0.2) is 74.2 Å². The van der Waals surface area contributed by atoms with Crippen molar-refractivity contribution in [3.05, 3.63) is 41.8 Å². The van der Waals surface area contributed by atoms with E-state index in [1.165, 1.54) is 10.9 Å². The van der Waals surface area contributed by atoms with Gasteiger partial charge in [0.15, 0.2) is 0 Å². The van der Waals surface area contributed by atoms with Gasteiger partial charge >= 0.3 is 6.18 Å². The number of likely N-dealkylation sites (tertiary alicyclic amines) is 1. The molecule has 0 spiro atoms. The number of fused-ring (bicyclic) bond motifs is 1. The number of hydrogen-bond acceptors (Lipinski definition) is 9. The van der Waals surface area contributed by atoms with Crippen molar-refractivity contribution in [2.45, 2.75) is 37.8 Å². The maximum absolute atomic E-state index is 14.7. The quantitative estimate of drug-likeness (QED) is 0.335. The van der Waals surface area contributed by atoms with Crippen LogP contribution in [0.1, 0.15) is 28.5 Å². The SMILES string of the molecule is CN1CC[C@@H](Nc2cccc3c(CC(F)(F)F)c(-c4noc(CNC(=O)c5nncn5C)n4)sc23)[C@@H](F)C1. The third-order valence-electron chi connectivity index (χ3n) is 6.27. The highest BCUT2D eigenvalue weighted by Gasteiger charge is 2.33. The summed E-state index contributed by atoms with van der Waals surface area (Å²) < 4.78 is 62.7. The monoisotopic (exact) mass is 552 g/mol. The maximum Gasteiger partial charge on any atom is 0.393 e. The summed E-state index contributed by atoms with van der Waals surface area (Å²) in [6.07, 6.45) is -4.86. The number of carbonyl (C=O) groups excluding carboxylic acids is 1. The number of rotatable bonds is 7. The Morgan fingerprint density at radius 1 is 1.29 bits per heavy atom. The number of benzene rings is 1. The van der Waals surface area contributed by atoms with Crippen LogP contribution in [-0.2, 0) is 20.0 Å². The molecule has 3 aromatic heterocycles. The number of halogens is 4. The van der Waals surface area contributed by atoms with E-state index in [9.17, 15) is 22.4 Å². The van der Waals surface area contributed by atoms with Gasteiger partial charge in [-0.05, 0) is 30.5 Å². The van der Waals surface area contributed by atoms with Gasteiger partial charge in [-0.2, -0.15) is 18.2 Å². The standard InChI is InChI=1S/C23H24F4N8O2S/c1-34-7-6-15(14(24)10-34)30-16-5-3-4-12-13(8-23(25,26)27)19(38-18(12)16)20-31-17(37-33-20)9-28-22(36)21-32-29-11-35(21)2/h3-5,11,14-15,30H,6-10H2,1-2H3,(H,28,36)/t14-,15+/m0/s1. The number of amides is 1. The molecule has 0 aliphatic carbocycles. The Balaban J connectivity index is 1.44. The summed E-state index contributed by atoms with van der Waals surface area (Å²) in [6.45, 7) is 0.836. The van der Waals surface area contributed by atoms with Crippen molar-refractivity contribution in [1.29, 1.82) is 0 Å². The predicted octanol–water partition coefficient (Wildman–Crippen LogP) is 3.57. The van der Waals surface area contributed by atoms with Crippen molar-refractivity contribution in [1.82, 2.24) is 35.1 Å². The van der Waals surface area contributed by atoms with Gasteiger partial charge in [0.2, 0.25) is 17.5 Å². The number of aryl methyl sites for hydroxylation is 1. The number of aromatic nitrogens is 5. The lowest BCUT2D eigenvalue weighted by Crippen LogP contribution is -2.46. The van der Waals surface area contributed by atoms with Gasteiger partial charge in [-0.1, -0.05) is 17.3 Å². The van der Waals surface area contributed by atoms with E-state index in [4.69, 9.17) is 4.52 Å². The molecule has 0 bridgehead atoms. The lowest BCUT2D eigenvalue weighted by atomic mass is 10.0. The molecular weight excluding hydrogens is 528 g/mol. The van der Waals surface area contributed by atoms with Gasteiger partial charge in [0.05, 0.1) is 34.3 Å². The van der Waals surface area contributed by atoms with Crippen molar-refractivity contribution in [3.63, 3.8) is 0 Å². The Morgan fingerprint density at radius 3 is 2.82 bits per heavy atom. The molecule has 15 heteroatoms. The first-order valence-electron chi connectivity index (χ1n) is 11.7. The molecule has 38 heavy (non-hydrogen) atoms. The van der Waals surface area contributed by atoms with Crippen LogP contribution in [0.4, 0.5) is 23.2 Å². The number of alkyl halides is 4. The fourth-order valence-electron chi connectivity index (χ4n) is 4.40. The number of thiophene rings is 1. The highest BCUT2D eigenvalue weighted by Crippen LogP contribution is 2.43. The second kappa shape index (κ2) is 10.3. The third kappa shape index (κ3) is 5.48. The topological polar surface area (TPSA) is 114 Å². The fraction of sp³-hybridized carbons (Fsp3) is 0.435. The molecule has 0 saturated carbocycles. The summed E-state index contributed by atoms with van der Waals surface area (Å²) in [4.78, 5) is 18.6. The van der Waals surface area contributed by atoms with Gasteiger partial charge in [-0.3, -0.25) is 4.79 Å². The first-order valence-corrected chi connectivity index (χ1v) is 12.6. The molecule has 1 aliphatic rings. The lowest BCUT2D eigenvalue weighted by Gasteiger charge is -2.33. The van der Waals surface area contributed by atoms with Gasteiger partial charge in [-0.15, -0.1) is 21.5 Å². The number of piperidine rings is 1. The van der Waals surface area contributed by atoms with Gasteiger partial charge in [-0.25, -0.2) is 4.39 Å². The molecule has 1 aromatic carbocycles. The molecule has 1 aliphatic heterocycles. The Kier molecular flexibility index (Phi) is 7.05. The number of hydrogen-bond donors (Lipinski definition) is 2. The second-order valence-electron chi connectivity index (χ2n) is 9.16. The molecule has 2 atom stereocenters. The van der Waals surface area contributed by atoms with Gasteiger partial charge < -0.3 is 24.6 Å². The summed E-state index contributed by atoms with van der Waals surface area (Å²) >= 11 is 1.08. The number of nitrogens with zero attached hydrogens (tertiary/aromatic N) is 6. The van der Waals surface area contributed by atoms with Gasteiger partial charge in [0, 0.05) is 20.1 Å². The summed E-state index contributed by atoms with van der Waals surface area (Å²) in [5.41, 5.74) is 0.566. The van der Waals surface area contributed by atoms with Gasteiger partial charge in [0.1, 0.15) is 12.5 Å². The van der Waals surface area contributed by atoms with Crippen molar-refractivity contribution in [2.75, 3.05) is 25.5 Å². The van der Waals surface area contributed by atoms with Gasteiger partial charge in [0.25, 0.3) is 5.91 Å². The van der Waals surface area contributed by atoms with E-state index in [1.54, 1.807) is 25.2 Å². The van der Waals surface area contributed by atoms with Crippen molar-refractivity contribution >= 4 is 33.0 Å². The first-order chi connectivity index (χ1) is 18.1. The van der Waals surface area contributed by atoms with E-state index in [2.05, 4.69) is 31.0 Å². The molecular formula is C23H24F4N8O2S. The predicted molar refractivity (Wildman–Crippen MR) is 131 cm³/mol. The summed E-state index contributed by atoms with van der Waals surface area (Å²) in [5, 5.41) is 17.4. The van der Waals surface area contributed by atoms with Crippen LogP contribution in [0, 0.1) is 0 Å². The van der Waals surface area contributed by atoms with E-state index in [0.29, 0.717) is 28.7 Å². The van der Waals surface area contributed by atoms with E-state index < -0.39 is 30.7 Å². The molecule has 5 rings (SSSR count). The molecule has 202 valence electrons. The first kappa shape index (κ1) is 26.0. The Hall–Kier alpha value is -3.59. The summed E-state index contributed by atoms with van der Waals surface area (Å²) in [6, 6.07) is 4.52. The maximum atomic E-state index is 14.7. The molecule has 4 heterocycles. The average molecular weight is 553 g/mol. The molecule has 4 aromatic rings. The molecule has 0 unspecified atom stereocenters. The van der Waals surface area contributed by atoms with E-state index in [-0.39, 0.29) is 41.1 Å². The minimum Gasteiger partial charge on any atom is -0.378 e. The van der Waals surface area contributed by atoms with E-state index in [0.717, 1.165) is 11.3 Å². The van der Waals surface area contributed by atoms with E-state index >= 15 is 0 Å². The zero-order valence-electron chi connectivity index (χ0n) is 20.4. The van der Waals surface area contributed by atoms with Crippen molar-refractivity contribution in [3.8, 4) is 10.7 Å².